The van der Waals surface area contributed by atoms with Crippen molar-refractivity contribution in [2.45, 2.75) is 6.92 Å². The van der Waals surface area contributed by atoms with E-state index in [-0.39, 0.29) is 19.0 Å². The Morgan fingerprint density at radius 1 is 1.04 bits per heavy atom. The Labute approximate surface area is 144 Å². The Balaban J connectivity index is 1.50. The van der Waals surface area contributed by atoms with Crippen molar-refractivity contribution in [2.75, 3.05) is 13.2 Å². The summed E-state index contributed by atoms with van der Waals surface area (Å²) in [4.78, 5) is 12.0. The quantitative estimate of drug-likeness (QED) is 0.509. The minimum Gasteiger partial charge on any atom is -0.490 e. The van der Waals surface area contributed by atoms with Gasteiger partial charge in [0.05, 0.1) is 11.3 Å². The maximum absolute atomic E-state index is 12.8. The number of rotatable bonds is 6. The first-order valence-electron chi connectivity index (χ1n) is 7.80. The summed E-state index contributed by atoms with van der Waals surface area (Å²) in [7, 11) is 0. The largest absolute Gasteiger partial charge is 0.490 e. The van der Waals surface area contributed by atoms with Gasteiger partial charge in [0.15, 0.2) is 0 Å². The number of benzene rings is 2. The summed E-state index contributed by atoms with van der Waals surface area (Å²) in [6.45, 7) is 2.26. The molecule has 2 aromatic carbocycles. The van der Waals surface area contributed by atoms with Gasteiger partial charge in [-0.3, -0.25) is 0 Å². The van der Waals surface area contributed by atoms with E-state index >= 15 is 0 Å². The number of hydrogen-bond acceptors (Lipinski definition) is 4. The first-order valence-corrected chi connectivity index (χ1v) is 7.80. The molecule has 0 aliphatic carbocycles. The van der Waals surface area contributed by atoms with Crippen LogP contribution in [0.5, 0.6) is 5.75 Å². The summed E-state index contributed by atoms with van der Waals surface area (Å²) in [6.07, 6.45) is 1.72. The predicted molar refractivity (Wildman–Crippen MR) is 90.5 cm³/mol. The van der Waals surface area contributed by atoms with Gasteiger partial charge in [0.25, 0.3) is 0 Å². The second kappa shape index (κ2) is 7.61. The van der Waals surface area contributed by atoms with Gasteiger partial charge in [0.1, 0.15) is 24.8 Å². The van der Waals surface area contributed by atoms with E-state index in [4.69, 9.17) is 9.47 Å². The van der Waals surface area contributed by atoms with Gasteiger partial charge < -0.3 is 9.47 Å². The van der Waals surface area contributed by atoms with Gasteiger partial charge in [-0.1, -0.05) is 0 Å². The highest BCUT2D eigenvalue weighted by atomic mass is 19.1. The molecule has 0 saturated heterocycles. The monoisotopic (exact) mass is 340 g/mol. The zero-order valence-electron chi connectivity index (χ0n) is 13.7. The summed E-state index contributed by atoms with van der Waals surface area (Å²) in [5.41, 5.74) is 2.34. The van der Waals surface area contributed by atoms with Crippen molar-refractivity contribution in [3.63, 3.8) is 0 Å². The lowest BCUT2D eigenvalue weighted by Crippen LogP contribution is -2.12. The number of ether oxygens (including phenoxy) is 2. The van der Waals surface area contributed by atoms with E-state index in [1.54, 1.807) is 23.0 Å². The van der Waals surface area contributed by atoms with Crippen molar-refractivity contribution in [3.8, 4) is 11.4 Å². The van der Waals surface area contributed by atoms with E-state index in [0.29, 0.717) is 11.3 Å². The third-order valence-electron chi connectivity index (χ3n) is 3.58. The van der Waals surface area contributed by atoms with Gasteiger partial charge in [-0.05, 0) is 61.5 Å². The Kier molecular flexibility index (Phi) is 5.09. The second-order valence-corrected chi connectivity index (χ2v) is 5.37. The first-order chi connectivity index (χ1) is 12.1. The van der Waals surface area contributed by atoms with Gasteiger partial charge in [-0.25, -0.2) is 13.9 Å². The molecule has 3 aromatic rings. The number of aryl methyl sites for hydroxylation is 1. The minimum atomic E-state index is -0.425. The van der Waals surface area contributed by atoms with E-state index in [2.05, 4.69) is 5.10 Å². The van der Waals surface area contributed by atoms with Crippen molar-refractivity contribution >= 4 is 5.97 Å². The molecule has 0 aliphatic rings. The molecule has 0 amide bonds. The number of esters is 1. The predicted octanol–water partition coefficient (Wildman–Crippen LogP) is 3.56. The van der Waals surface area contributed by atoms with Crippen LogP contribution < -0.4 is 4.74 Å². The number of carbonyl (C=O) groups is 1. The molecule has 0 atom stereocenters. The molecule has 1 heterocycles. The Bertz CT molecular complexity index is 842. The highest BCUT2D eigenvalue weighted by molar-refractivity contribution is 5.89. The zero-order chi connectivity index (χ0) is 17.6. The molecule has 0 spiro atoms. The molecule has 0 N–H and O–H groups in total. The standard InChI is InChI=1S/C19H17FN2O3/c1-14-10-11-21-22(14)17-6-2-15(3-7-17)19(23)25-13-12-24-18-8-4-16(20)5-9-18/h2-11H,12-13H2,1H3. The molecule has 3 rings (SSSR count). The van der Waals surface area contributed by atoms with Crippen molar-refractivity contribution in [1.82, 2.24) is 9.78 Å². The first kappa shape index (κ1) is 16.7. The van der Waals surface area contributed by atoms with Crippen LogP contribution in [-0.2, 0) is 4.74 Å². The average Bonchev–Trinajstić information content (AvgIpc) is 3.06. The van der Waals surface area contributed by atoms with Gasteiger partial charge in [-0.2, -0.15) is 5.10 Å². The molecular weight excluding hydrogens is 323 g/mol. The third-order valence-corrected chi connectivity index (χ3v) is 3.58. The Hall–Kier alpha value is -3.15. The lowest BCUT2D eigenvalue weighted by molar-refractivity contribution is 0.0450. The topological polar surface area (TPSA) is 53.4 Å². The molecule has 0 saturated carbocycles. The molecule has 0 bridgehead atoms. The molecular formula is C19H17FN2O3. The number of aromatic nitrogens is 2. The Morgan fingerprint density at radius 2 is 1.76 bits per heavy atom. The SMILES string of the molecule is Cc1ccnn1-c1ccc(C(=O)OCCOc2ccc(F)cc2)cc1. The summed E-state index contributed by atoms with van der Waals surface area (Å²) >= 11 is 0. The van der Waals surface area contributed by atoms with E-state index < -0.39 is 5.97 Å². The van der Waals surface area contributed by atoms with Crippen LogP contribution in [0.1, 0.15) is 16.1 Å². The molecule has 0 aliphatic heterocycles. The highest BCUT2D eigenvalue weighted by Crippen LogP contribution is 2.13. The van der Waals surface area contributed by atoms with Crippen LogP contribution in [-0.4, -0.2) is 29.0 Å². The summed E-state index contributed by atoms with van der Waals surface area (Å²) in [5, 5.41) is 4.22. The van der Waals surface area contributed by atoms with Crippen LogP contribution in [0.2, 0.25) is 0 Å². The zero-order valence-corrected chi connectivity index (χ0v) is 13.7. The van der Waals surface area contributed by atoms with Crippen LogP contribution >= 0.6 is 0 Å². The fraction of sp³-hybridized carbons (Fsp3) is 0.158. The molecule has 1 aromatic heterocycles. The lowest BCUT2D eigenvalue weighted by Gasteiger charge is -2.08. The smallest absolute Gasteiger partial charge is 0.338 e. The van der Waals surface area contributed by atoms with Crippen molar-refractivity contribution in [3.05, 3.63) is 77.9 Å². The van der Waals surface area contributed by atoms with Crippen LogP contribution in [0.15, 0.2) is 60.8 Å². The summed E-state index contributed by atoms with van der Waals surface area (Å²) < 4.78 is 25.1. The molecule has 6 heteroatoms. The van der Waals surface area contributed by atoms with Crippen LogP contribution in [0.3, 0.4) is 0 Å². The fourth-order valence-electron chi connectivity index (χ4n) is 2.29. The van der Waals surface area contributed by atoms with Gasteiger partial charge in [-0.15, -0.1) is 0 Å². The number of carbonyl (C=O) groups excluding carboxylic acids is 1. The number of nitrogens with zero attached hydrogens (tertiary/aromatic N) is 2. The van der Waals surface area contributed by atoms with Gasteiger partial charge >= 0.3 is 5.97 Å². The summed E-state index contributed by atoms with van der Waals surface area (Å²) in [6, 6.07) is 14.6. The third kappa shape index (κ3) is 4.23. The number of halogens is 1. The molecule has 0 fully saturated rings. The maximum Gasteiger partial charge on any atom is 0.338 e. The van der Waals surface area contributed by atoms with Crippen molar-refractivity contribution in [2.24, 2.45) is 0 Å². The minimum absolute atomic E-state index is 0.107. The van der Waals surface area contributed by atoms with Crippen LogP contribution in [0.25, 0.3) is 5.69 Å². The van der Waals surface area contributed by atoms with E-state index in [0.717, 1.165) is 11.4 Å². The summed E-state index contributed by atoms with van der Waals surface area (Å²) in [5.74, 6) is -0.227. The normalized spacial score (nSPS) is 10.5. The van der Waals surface area contributed by atoms with Crippen molar-refractivity contribution < 1.29 is 18.7 Å². The maximum atomic E-state index is 12.8. The fourth-order valence-corrected chi connectivity index (χ4v) is 2.29. The van der Waals surface area contributed by atoms with Gasteiger partial charge in [0.2, 0.25) is 0 Å². The second-order valence-electron chi connectivity index (χ2n) is 5.37. The average molecular weight is 340 g/mol. The number of hydrogen-bond donors (Lipinski definition) is 0. The molecule has 25 heavy (non-hydrogen) atoms. The molecule has 5 nitrogen and oxygen atoms in total. The van der Waals surface area contributed by atoms with Crippen LogP contribution in [0.4, 0.5) is 4.39 Å². The molecule has 0 unspecified atom stereocenters. The van der Waals surface area contributed by atoms with E-state index in [1.165, 1.54) is 24.3 Å². The molecule has 128 valence electrons. The van der Waals surface area contributed by atoms with Crippen molar-refractivity contribution in [1.29, 1.82) is 0 Å². The van der Waals surface area contributed by atoms with Crippen LogP contribution in [0, 0.1) is 12.7 Å². The Morgan fingerprint density at radius 3 is 2.40 bits per heavy atom. The molecule has 0 radical (unpaired) electrons. The van der Waals surface area contributed by atoms with E-state index in [9.17, 15) is 9.18 Å². The van der Waals surface area contributed by atoms with Gasteiger partial charge in [0, 0.05) is 11.9 Å². The lowest BCUT2D eigenvalue weighted by atomic mass is 10.2. The van der Waals surface area contributed by atoms with E-state index in [1.807, 2.05) is 25.1 Å². The highest BCUT2D eigenvalue weighted by Gasteiger charge is 2.08.